The topological polar surface area (TPSA) is 0 Å². The predicted octanol–water partition coefficient (Wildman–Crippen LogP) is 8.02. The molecule has 0 spiro atoms. The Hall–Kier alpha value is -1.29. The lowest BCUT2D eigenvalue weighted by molar-refractivity contribution is 0.224. The van der Waals surface area contributed by atoms with Gasteiger partial charge >= 0.3 is 0 Å². The van der Waals surface area contributed by atoms with Crippen LogP contribution in [-0.2, 0) is 14.2 Å². The van der Waals surface area contributed by atoms with Gasteiger partial charge in [-0.25, -0.2) is 0 Å². The Bertz CT molecular complexity index is 992. The minimum atomic E-state index is -0.0572. The van der Waals surface area contributed by atoms with Gasteiger partial charge in [0.25, 0.3) is 0 Å². The van der Waals surface area contributed by atoms with E-state index in [0.29, 0.717) is 0 Å². The largest absolute Gasteiger partial charge is 0.145 e. The highest BCUT2D eigenvalue weighted by Gasteiger charge is 2.84. The van der Waals surface area contributed by atoms with Gasteiger partial charge in [-0.3, -0.25) is 0 Å². The SMILES string of the molecule is CCSC12c3ccccc3C3(SCC)c4ccccc4C(SCC)(c4ccccc41)C23C. The van der Waals surface area contributed by atoms with E-state index in [1.165, 1.54) is 0 Å². The molecule has 32 heavy (non-hydrogen) atoms. The molecular weight excluding hydrogens is 445 g/mol. The number of benzene rings is 3. The first-order valence-electron chi connectivity index (χ1n) is 11.8. The molecule has 0 saturated carbocycles. The zero-order valence-electron chi connectivity index (χ0n) is 19.3. The summed E-state index contributed by atoms with van der Waals surface area (Å²) in [5.41, 5.74) is 9.30. The molecular formula is C29H30S3. The van der Waals surface area contributed by atoms with Crippen LogP contribution in [0, 0.1) is 5.41 Å². The highest BCUT2D eigenvalue weighted by atomic mass is 32.2. The van der Waals surface area contributed by atoms with Crippen LogP contribution in [0.15, 0.2) is 72.8 Å². The minimum Gasteiger partial charge on any atom is -0.145 e. The van der Waals surface area contributed by atoms with Crippen LogP contribution < -0.4 is 0 Å². The lowest BCUT2D eigenvalue weighted by Crippen LogP contribution is -2.51. The van der Waals surface area contributed by atoms with Gasteiger partial charge in [-0.05, 0) is 50.6 Å². The molecule has 0 atom stereocenters. The van der Waals surface area contributed by atoms with E-state index in [9.17, 15) is 0 Å². The van der Waals surface area contributed by atoms with Crippen molar-refractivity contribution in [2.45, 2.75) is 41.9 Å². The second-order valence-electron chi connectivity index (χ2n) is 9.10. The van der Waals surface area contributed by atoms with E-state index in [2.05, 4.69) is 136 Å². The number of hydrogen-bond donors (Lipinski definition) is 0. The van der Waals surface area contributed by atoms with E-state index in [4.69, 9.17) is 0 Å². The summed E-state index contributed by atoms with van der Waals surface area (Å²) >= 11 is 6.54. The van der Waals surface area contributed by atoms with E-state index in [0.717, 1.165) is 17.3 Å². The molecule has 0 saturated heterocycles. The first kappa shape index (κ1) is 21.3. The van der Waals surface area contributed by atoms with Crippen molar-refractivity contribution in [1.82, 2.24) is 0 Å². The van der Waals surface area contributed by atoms with E-state index in [1.54, 1.807) is 33.4 Å². The van der Waals surface area contributed by atoms with Crippen molar-refractivity contribution >= 4 is 35.3 Å². The Labute approximate surface area is 205 Å². The molecule has 6 rings (SSSR count). The number of hydrogen-bond acceptors (Lipinski definition) is 3. The van der Waals surface area contributed by atoms with Crippen LogP contribution in [0.5, 0.6) is 0 Å². The Morgan fingerprint density at radius 1 is 0.469 bits per heavy atom. The van der Waals surface area contributed by atoms with Crippen LogP contribution in [0.2, 0.25) is 0 Å². The van der Waals surface area contributed by atoms with Crippen molar-refractivity contribution in [2.75, 3.05) is 17.3 Å². The summed E-state index contributed by atoms with van der Waals surface area (Å²) < 4.78 is -0.172. The van der Waals surface area contributed by atoms with Crippen LogP contribution in [0.3, 0.4) is 0 Å². The summed E-state index contributed by atoms with van der Waals surface area (Å²) in [7, 11) is 0. The second-order valence-corrected chi connectivity index (χ2v) is 13.5. The van der Waals surface area contributed by atoms with E-state index < -0.39 is 0 Å². The number of fused-ring (bicyclic) bond motifs is 9. The van der Waals surface area contributed by atoms with E-state index >= 15 is 0 Å². The molecule has 0 aromatic heterocycles. The van der Waals surface area contributed by atoms with Crippen molar-refractivity contribution in [3.05, 3.63) is 106 Å². The summed E-state index contributed by atoms with van der Waals surface area (Å²) in [4.78, 5) is 0. The summed E-state index contributed by atoms with van der Waals surface area (Å²) in [5, 5.41) is 0. The molecule has 3 aromatic carbocycles. The van der Waals surface area contributed by atoms with Crippen LogP contribution in [0.4, 0.5) is 0 Å². The maximum absolute atomic E-state index is 2.65. The van der Waals surface area contributed by atoms with Gasteiger partial charge in [-0.1, -0.05) is 100 Å². The van der Waals surface area contributed by atoms with Gasteiger partial charge in [-0.2, -0.15) is 0 Å². The Morgan fingerprint density at radius 3 is 0.875 bits per heavy atom. The fraction of sp³-hybridized carbons (Fsp3) is 0.379. The van der Waals surface area contributed by atoms with Gasteiger partial charge in [0.1, 0.15) is 0 Å². The third-order valence-electron chi connectivity index (χ3n) is 8.25. The Morgan fingerprint density at radius 2 is 0.688 bits per heavy atom. The van der Waals surface area contributed by atoms with Gasteiger partial charge < -0.3 is 0 Å². The molecule has 0 aliphatic heterocycles. The van der Waals surface area contributed by atoms with Crippen LogP contribution in [-0.4, -0.2) is 17.3 Å². The Kier molecular flexibility index (Phi) is 4.72. The van der Waals surface area contributed by atoms with Crippen LogP contribution in [0.25, 0.3) is 0 Å². The normalized spacial score (nSPS) is 33.0. The maximum atomic E-state index is 2.65. The van der Waals surface area contributed by atoms with Crippen molar-refractivity contribution in [1.29, 1.82) is 0 Å². The standard InChI is InChI=1S/C29H30S3/c1-5-30-27-20-14-8-10-16-22(20)28(31-6-2)24-18-12-13-19-25(24)29(32-7-3,26(27,28)4)23-17-11-9-15-21(23)27/h8-19H,5-7H2,1-4H3. The fourth-order valence-electron chi connectivity index (χ4n) is 7.64. The predicted molar refractivity (Wildman–Crippen MR) is 144 cm³/mol. The number of rotatable bonds is 6. The second kappa shape index (κ2) is 7.10. The van der Waals surface area contributed by atoms with E-state index in [-0.39, 0.29) is 19.7 Å². The zero-order chi connectivity index (χ0) is 22.2. The first-order chi connectivity index (χ1) is 15.6. The molecule has 3 heteroatoms. The van der Waals surface area contributed by atoms with Crippen LogP contribution in [0.1, 0.15) is 61.1 Å². The molecule has 0 N–H and O–H groups in total. The van der Waals surface area contributed by atoms with E-state index in [1.807, 2.05) is 0 Å². The summed E-state index contributed by atoms with van der Waals surface area (Å²) in [6.07, 6.45) is 0. The fourth-order valence-corrected chi connectivity index (χ4v) is 12.9. The zero-order valence-corrected chi connectivity index (χ0v) is 21.7. The third-order valence-corrected chi connectivity index (χ3v) is 13.0. The quantitative estimate of drug-likeness (QED) is 0.355. The van der Waals surface area contributed by atoms with Crippen molar-refractivity contribution in [2.24, 2.45) is 5.41 Å². The molecule has 3 aliphatic carbocycles. The Balaban J connectivity index is 1.90. The molecule has 164 valence electrons. The van der Waals surface area contributed by atoms with Gasteiger partial charge in [-0.15, -0.1) is 35.3 Å². The molecule has 0 fully saturated rings. The monoisotopic (exact) mass is 474 g/mol. The summed E-state index contributed by atoms with van der Waals surface area (Å²) in [6.45, 7) is 9.68. The summed E-state index contributed by atoms with van der Waals surface area (Å²) in [5.74, 6) is 3.32. The van der Waals surface area contributed by atoms with Gasteiger partial charge in [0, 0.05) is 5.41 Å². The molecule has 0 bridgehead atoms. The average Bonchev–Trinajstić information content (AvgIpc) is 3.23. The summed E-state index contributed by atoms with van der Waals surface area (Å²) in [6, 6.07) is 28.3. The molecule has 0 nitrogen and oxygen atoms in total. The molecule has 3 aliphatic rings. The van der Waals surface area contributed by atoms with Crippen LogP contribution >= 0.6 is 35.3 Å². The van der Waals surface area contributed by atoms with Gasteiger partial charge in [0.2, 0.25) is 0 Å². The lowest BCUT2D eigenvalue weighted by Gasteiger charge is -2.51. The van der Waals surface area contributed by atoms with Crippen molar-refractivity contribution < 1.29 is 0 Å². The minimum absolute atomic E-state index is 0.00785. The third kappa shape index (κ3) is 1.94. The highest BCUT2D eigenvalue weighted by Crippen LogP contribution is 2.88. The molecule has 0 heterocycles. The highest BCUT2D eigenvalue weighted by molar-refractivity contribution is 8.02. The lowest BCUT2D eigenvalue weighted by atomic mass is 9.68. The average molecular weight is 475 g/mol. The number of thioether (sulfide) groups is 3. The molecule has 0 radical (unpaired) electrons. The van der Waals surface area contributed by atoms with Gasteiger partial charge in [0.15, 0.2) is 0 Å². The first-order valence-corrected chi connectivity index (χ1v) is 14.8. The van der Waals surface area contributed by atoms with Gasteiger partial charge in [0.05, 0.1) is 14.2 Å². The molecule has 0 unspecified atom stereocenters. The molecule has 0 amide bonds. The molecule has 3 aromatic rings. The maximum Gasteiger partial charge on any atom is 0.0756 e. The van der Waals surface area contributed by atoms with Crippen molar-refractivity contribution in [3.8, 4) is 0 Å². The smallest absolute Gasteiger partial charge is 0.0756 e. The van der Waals surface area contributed by atoms with Crippen molar-refractivity contribution in [3.63, 3.8) is 0 Å².